The second-order valence-electron chi connectivity index (χ2n) is 4.15. The number of hydrogen-bond donors (Lipinski definition) is 0. The standard InChI is InChI=1S/C13H13ClN4O/c1-9-7-11(17-13(14)16-9)12(19)18(2)8-10-5-3-4-6-15-10/h3-7H,8H2,1-2H3. The van der Waals surface area contributed by atoms with Gasteiger partial charge in [-0.1, -0.05) is 6.07 Å². The van der Waals surface area contributed by atoms with Crippen molar-refractivity contribution in [3.8, 4) is 0 Å². The van der Waals surface area contributed by atoms with E-state index in [2.05, 4.69) is 15.0 Å². The Hall–Kier alpha value is -2.01. The predicted octanol–water partition coefficient (Wildman–Crippen LogP) is 2.11. The van der Waals surface area contributed by atoms with Gasteiger partial charge >= 0.3 is 0 Å². The van der Waals surface area contributed by atoms with Crippen molar-refractivity contribution in [2.45, 2.75) is 13.5 Å². The summed E-state index contributed by atoms with van der Waals surface area (Å²) in [6, 6.07) is 7.19. The van der Waals surface area contributed by atoms with Crippen molar-refractivity contribution in [3.05, 3.63) is 52.8 Å². The summed E-state index contributed by atoms with van der Waals surface area (Å²) in [5.41, 5.74) is 1.76. The molecule has 0 bridgehead atoms. The number of nitrogens with zero attached hydrogens (tertiary/aromatic N) is 4. The molecule has 1 amide bonds. The van der Waals surface area contributed by atoms with E-state index in [1.165, 1.54) is 0 Å². The fraction of sp³-hybridized carbons (Fsp3) is 0.231. The molecule has 0 spiro atoms. The van der Waals surface area contributed by atoms with Gasteiger partial charge < -0.3 is 4.90 Å². The number of aromatic nitrogens is 3. The molecule has 2 rings (SSSR count). The minimum absolute atomic E-state index is 0.0783. The Morgan fingerprint density at radius 1 is 1.37 bits per heavy atom. The molecule has 0 aliphatic heterocycles. The third-order valence-electron chi connectivity index (χ3n) is 2.52. The van der Waals surface area contributed by atoms with Crippen LogP contribution in [0.15, 0.2) is 30.5 Å². The molecule has 6 heteroatoms. The average molecular weight is 277 g/mol. The Morgan fingerprint density at radius 2 is 2.16 bits per heavy atom. The van der Waals surface area contributed by atoms with Crippen LogP contribution in [0.1, 0.15) is 21.9 Å². The van der Waals surface area contributed by atoms with E-state index in [0.29, 0.717) is 12.2 Å². The summed E-state index contributed by atoms with van der Waals surface area (Å²) in [7, 11) is 1.70. The summed E-state index contributed by atoms with van der Waals surface area (Å²) in [5.74, 6) is -0.210. The summed E-state index contributed by atoms with van der Waals surface area (Å²) in [6.07, 6.45) is 1.69. The molecular formula is C13H13ClN4O. The van der Waals surface area contributed by atoms with E-state index in [0.717, 1.165) is 5.69 Å². The van der Waals surface area contributed by atoms with Gasteiger partial charge in [0.2, 0.25) is 5.28 Å². The van der Waals surface area contributed by atoms with Gasteiger partial charge in [0.15, 0.2) is 0 Å². The number of halogens is 1. The van der Waals surface area contributed by atoms with Gasteiger partial charge in [-0.2, -0.15) is 0 Å². The van der Waals surface area contributed by atoms with Gasteiger partial charge in [0, 0.05) is 18.9 Å². The largest absolute Gasteiger partial charge is 0.334 e. The van der Waals surface area contributed by atoms with Crippen LogP contribution < -0.4 is 0 Å². The smallest absolute Gasteiger partial charge is 0.272 e. The number of rotatable bonds is 3. The second kappa shape index (κ2) is 5.75. The van der Waals surface area contributed by atoms with E-state index in [1.54, 1.807) is 31.1 Å². The Morgan fingerprint density at radius 3 is 2.79 bits per heavy atom. The zero-order valence-electron chi connectivity index (χ0n) is 10.7. The van der Waals surface area contributed by atoms with E-state index < -0.39 is 0 Å². The molecule has 0 aliphatic carbocycles. The predicted molar refractivity (Wildman–Crippen MR) is 71.8 cm³/mol. The van der Waals surface area contributed by atoms with Gasteiger partial charge in [-0.25, -0.2) is 9.97 Å². The van der Waals surface area contributed by atoms with E-state index >= 15 is 0 Å². The molecule has 0 aromatic carbocycles. The molecule has 0 N–H and O–H groups in total. The van der Waals surface area contributed by atoms with Crippen molar-refractivity contribution in [3.63, 3.8) is 0 Å². The van der Waals surface area contributed by atoms with Crippen molar-refractivity contribution in [2.75, 3.05) is 7.05 Å². The summed E-state index contributed by atoms with van der Waals surface area (Å²) < 4.78 is 0. The van der Waals surface area contributed by atoms with Gasteiger partial charge in [0.25, 0.3) is 5.91 Å². The molecule has 5 nitrogen and oxygen atoms in total. The molecule has 0 unspecified atom stereocenters. The van der Waals surface area contributed by atoms with Crippen LogP contribution in [0, 0.1) is 6.92 Å². The first-order chi connectivity index (χ1) is 9.06. The highest BCUT2D eigenvalue weighted by molar-refractivity contribution is 6.28. The highest BCUT2D eigenvalue weighted by atomic mass is 35.5. The molecular weight excluding hydrogens is 264 g/mol. The van der Waals surface area contributed by atoms with Gasteiger partial charge in [0.1, 0.15) is 5.69 Å². The first-order valence-corrected chi connectivity index (χ1v) is 6.10. The van der Waals surface area contributed by atoms with Crippen molar-refractivity contribution in [2.24, 2.45) is 0 Å². The molecule has 0 radical (unpaired) electrons. The number of pyridine rings is 1. The van der Waals surface area contributed by atoms with Crippen molar-refractivity contribution < 1.29 is 4.79 Å². The molecule has 19 heavy (non-hydrogen) atoms. The highest BCUT2D eigenvalue weighted by Crippen LogP contribution is 2.09. The summed E-state index contributed by atoms with van der Waals surface area (Å²) in [6.45, 7) is 2.18. The number of hydrogen-bond acceptors (Lipinski definition) is 4. The molecule has 2 heterocycles. The van der Waals surface area contributed by atoms with Crippen molar-refractivity contribution in [1.29, 1.82) is 0 Å². The van der Waals surface area contributed by atoms with Crippen molar-refractivity contribution in [1.82, 2.24) is 19.9 Å². The number of aryl methyl sites for hydroxylation is 1. The lowest BCUT2D eigenvalue weighted by molar-refractivity contribution is 0.0777. The van der Waals surface area contributed by atoms with Crippen LogP contribution in [0.3, 0.4) is 0 Å². The summed E-state index contributed by atoms with van der Waals surface area (Å²) in [4.78, 5) is 25.8. The molecule has 0 atom stereocenters. The van der Waals surface area contributed by atoms with Crippen LogP contribution in [0.5, 0.6) is 0 Å². The van der Waals surface area contributed by atoms with Crippen LogP contribution in [-0.4, -0.2) is 32.8 Å². The summed E-state index contributed by atoms with van der Waals surface area (Å²) in [5, 5.41) is 0.0783. The third-order valence-corrected chi connectivity index (χ3v) is 2.69. The lowest BCUT2D eigenvalue weighted by Crippen LogP contribution is -2.27. The molecule has 0 saturated heterocycles. The third kappa shape index (κ3) is 3.48. The van der Waals surface area contributed by atoms with Gasteiger partial charge in [-0.3, -0.25) is 9.78 Å². The van der Waals surface area contributed by atoms with E-state index in [-0.39, 0.29) is 16.9 Å². The highest BCUT2D eigenvalue weighted by Gasteiger charge is 2.15. The van der Waals surface area contributed by atoms with Crippen LogP contribution in [0.25, 0.3) is 0 Å². The van der Waals surface area contributed by atoms with E-state index in [1.807, 2.05) is 18.2 Å². The first kappa shape index (κ1) is 13.4. The second-order valence-corrected chi connectivity index (χ2v) is 4.48. The lowest BCUT2D eigenvalue weighted by atomic mass is 10.3. The maximum atomic E-state index is 12.2. The maximum Gasteiger partial charge on any atom is 0.272 e. The van der Waals surface area contributed by atoms with Crippen molar-refractivity contribution >= 4 is 17.5 Å². The molecule has 2 aromatic heterocycles. The Bertz CT molecular complexity index is 568. The Kier molecular flexibility index (Phi) is 4.06. The zero-order chi connectivity index (χ0) is 13.8. The van der Waals surface area contributed by atoms with Crippen LogP contribution in [-0.2, 0) is 6.54 Å². The fourth-order valence-corrected chi connectivity index (χ4v) is 1.87. The number of amides is 1. The molecule has 0 saturated carbocycles. The lowest BCUT2D eigenvalue weighted by Gasteiger charge is -2.16. The monoisotopic (exact) mass is 276 g/mol. The van der Waals surface area contributed by atoms with Crippen LogP contribution >= 0.6 is 11.6 Å². The minimum Gasteiger partial charge on any atom is -0.334 e. The number of carbonyl (C=O) groups excluding carboxylic acids is 1. The zero-order valence-corrected chi connectivity index (χ0v) is 11.4. The molecule has 0 aliphatic rings. The quantitative estimate of drug-likeness (QED) is 0.806. The van der Waals surface area contributed by atoms with Crippen LogP contribution in [0.2, 0.25) is 5.28 Å². The topological polar surface area (TPSA) is 59.0 Å². The Labute approximate surface area is 116 Å². The van der Waals surface area contributed by atoms with E-state index in [9.17, 15) is 4.79 Å². The molecule has 0 fully saturated rings. The normalized spacial score (nSPS) is 10.3. The van der Waals surface area contributed by atoms with Gasteiger partial charge in [0.05, 0.1) is 12.2 Å². The minimum atomic E-state index is -0.210. The molecule has 98 valence electrons. The fourth-order valence-electron chi connectivity index (χ4n) is 1.64. The van der Waals surface area contributed by atoms with E-state index in [4.69, 9.17) is 11.6 Å². The van der Waals surface area contributed by atoms with Gasteiger partial charge in [-0.15, -0.1) is 0 Å². The Balaban J connectivity index is 2.15. The average Bonchev–Trinajstić information content (AvgIpc) is 2.37. The summed E-state index contributed by atoms with van der Waals surface area (Å²) >= 11 is 5.75. The van der Waals surface area contributed by atoms with Gasteiger partial charge in [-0.05, 0) is 36.7 Å². The molecule has 2 aromatic rings. The number of carbonyl (C=O) groups is 1. The SMILES string of the molecule is Cc1cc(C(=O)N(C)Cc2ccccn2)nc(Cl)n1. The van der Waals surface area contributed by atoms with Crippen LogP contribution in [0.4, 0.5) is 0 Å². The maximum absolute atomic E-state index is 12.2. The first-order valence-electron chi connectivity index (χ1n) is 5.73.